The highest BCUT2D eigenvalue weighted by atomic mass is 19.1. The summed E-state index contributed by atoms with van der Waals surface area (Å²) >= 11 is 0. The van der Waals surface area contributed by atoms with Crippen LogP contribution in [0.1, 0.15) is 34.6 Å². The second-order valence-corrected chi connectivity index (χ2v) is 8.63. The molecule has 10 heteroatoms. The largest absolute Gasteiger partial charge is 0.365 e. The van der Waals surface area contributed by atoms with Crippen LogP contribution in [0, 0.1) is 18.7 Å². The lowest BCUT2D eigenvalue weighted by molar-refractivity contribution is 0.0945. The summed E-state index contributed by atoms with van der Waals surface area (Å²) in [5.41, 5.74) is 1.82. The number of benzene rings is 1. The average Bonchev–Trinajstić information content (AvgIpc) is 3.60. The number of nitrogens with zero attached hydrogens (tertiary/aromatic N) is 4. The van der Waals surface area contributed by atoms with Crippen molar-refractivity contribution in [3.8, 4) is 0 Å². The highest BCUT2D eigenvalue weighted by Crippen LogP contribution is 2.23. The molecule has 5 rings (SSSR count). The number of halogens is 2. The van der Waals surface area contributed by atoms with Gasteiger partial charge in [0, 0.05) is 50.4 Å². The van der Waals surface area contributed by atoms with Crippen LogP contribution in [-0.4, -0.2) is 58.0 Å². The summed E-state index contributed by atoms with van der Waals surface area (Å²) in [5, 5.41) is 2.80. The lowest BCUT2D eigenvalue weighted by atomic mass is 10.1. The maximum atomic E-state index is 14.6. The maximum absolute atomic E-state index is 14.6. The second kappa shape index (κ2) is 8.51. The van der Waals surface area contributed by atoms with E-state index in [1.165, 1.54) is 6.07 Å². The van der Waals surface area contributed by atoms with Gasteiger partial charge in [-0.1, -0.05) is 0 Å². The van der Waals surface area contributed by atoms with Crippen molar-refractivity contribution in [3.05, 3.63) is 63.3 Å². The fraction of sp³-hybridized carbons (Fsp3) is 0.391. The van der Waals surface area contributed by atoms with E-state index < -0.39 is 5.95 Å². The molecule has 172 valence electrons. The van der Waals surface area contributed by atoms with Gasteiger partial charge in [0.1, 0.15) is 17.2 Å². The van der Waals surface area contributed by atoms with E-state index in [0.29, 0.717) is 60.7 Å². The van der Waals surface area contributed by atoms with Crippen molar-refractivity contribution in [1.82, 2.24) is 25.2 Å². The summed E-state index contributed by atoms with van der Waals surface area (Å²) in [5.74, 6) is -1.39. The molecule has 0 unspecified atom stereocenters. The third kappa shape index (κ3) is 4.56. The van der Waals surface area contributed by atoms with Crippen LogP contribution in [-0.2, 0) is 6.54 Å². The number of fused-ring (bicyclic) bond motifs is 1. The summed E-state index contributed by atoms with van der Waals surface area (Å²) in [4.78, 5) is 38.6. The Morgan fingerprint density at radius 2 is 1.91 bits per heavy atom. The van der Waals surface area contributed by atoms with Crippen LogP contribution in [0.2, 0.25) is 0 Å². The fourth-order valence-corrected chi connectivity index (χ4v) is 4.03. The Labute approximate surface area is 188 Å². The average molecular weight is 454 g/mol. The number of hydrogen-bond donors (Lipinski definition) is 2. The number of carbonyl (C=O) groups is 1. The number of anilines is 1. The smallest absolute Gasteiger partial charge is 0.270 e. The first kappa shape index (κ1) is 21.4. The van der Waals surface area contributed by atoms with Gasteiger partial charge in [-0.05, 0) is 38.0 Å². The van der Waals surface area contributed by atoms with Crippen molar-refractivity contribution >= 4 is 22.6 Å². The van der Waals surface area contributed by atoms with Crippen molar-refractivity contribution < 1.29 is 13.6 Å². The minimum absolute atomic E-state index is 0.0799. The Morgan fingerprint density at radius 1 is 1.15 bits per heavy atom. The molecule has 2 N–H and O–H groups in total. The molecule has 1 aliphatic carbocycles. The molecule has 1 aliphatic heterocycles. The highest BCUT2D eigenvalue weighted by Gasteiger charge is 2.26. The molecule has 0 atom stereocenters. The van der Waals surface area contributed by atoms with Gasteiger partial charge >= 0.3 is 0 Å². The third-order valence-electron chi connectivity index (χ3n) is 6.11. The van der Waals surface area contributed by atoms with E-state index in [2.05, 4.69) is 25.2 Å². The van der Waals surface area contributed by atoms with Gasteiger partial charge in [0.05, 0.1) is 16.7 Å². The Balaban J connectivity index is 1.24. The van der Waals surface area contributed by atoms with Crippen molar-refractivity contribution in [3.63, 3.8) is 0 Å². The number of aryl methyl sites for hydroxylation is 1. The van der Waals surface area contributed by atoms with Gasteiger partial charge in [-0.25, -0.2) is 14.4 Å². The molecule has 1 saturated carbocycles. The topological polar surface area (TPSA) is 94.2 Å². The molecule has 0 spiro atoms. The minimum Gasteiger partial charge on any atom is -0.365 e. The molecule has 2 fully saturated rings. The van der Waals surface area contributed by atoms with E-state index in [0.717, 1.165) is 12.8 Å². The van der Waals surface area contributed by atoms with E-state index in [4.69, 9.17) is 0 Å². The van der Waals surface area contributed by atoms with Crippen LogP contribution in [0.5, 0.6) is 0 Å². The number of amides is 1. The fourth-order valence-electron chi connectivity index (χ4n) is 4.03. The van der Waals surface area contributed by atoms with Gasteiger partial charge in [0.25, 0.3) is 11.5 Å². The molecule has 8 nitrogen and oxygen atoms in total. The van der Waals surface area contributed by atoms with E-state index in [1.54, 1.807) is 25.1 Å². The monoisotopic (exact) mass is 454 g/mol. The normalized spacial score (nSPS) is 16.9. The zero-order valence-electron chi connectivity index (χ0n) is 18.2. The SMILES string of the molecule is Cc1nc2cc(F)c(CN3CCN(c4ccc(C(=O)NC5CC5)nc4F)CC3)cc2[nH]c1=O. The summed E-state index contributed by atoms with van der Waals surface area (Å²) < 4.78 is 29.3. The summed E-state index contributed by atoms with van der Waals surface area (Å²) in [6.07, 6.45) is 1.91. The number of aromatic nitrogens is 3. The Bertz CT molecular complexity index is 1280. The van der Waals surface area contributed by atoms with Gasteiger partial charge < -0.3 is 15.2 Å². The van der Waals surface area contributed by atoms with Gasteiger partial charge in [0.2, 0.25) is 5.95 Å². The van der Waals surface area contributed by atoms with E-state index in [1.807, 2.05) is 4.90 Å². The molecule has 2 aromatic heterocycles. The molecule has 1 amide bonds. The maximum Gasteiger partial charge on any atom is 0.270 e. The van der Waals surface area contributed by atoms with Crippen LogP contribution >= 0.6 is 0 Å². The van der Waals surface area contributed by atoms with Crippen LogP contribution < -0.4 is 15.8 Å². The quantitative estimate of drug-likeness (QED) is 0.574. The molecule has 3 aromatic rings. The zero-order chi connectivity index (χ0) is 23.1. The standard InChI is InChI=1S/C23H24F2N6O2/c1-13-22(32)29-18-10-14(16(24)11-19(18)26-13)12-30-6-8-31(9-7-30)20-5-4-17(28-21(20)25)23(33)27-15-2-3-15/h4-5,10-11,15H,2-3,6-9,12H2,1H3,(H,27,33)(H,29,32). The van der Waals surface area contributed by atoms with Crippen molar-refractivity contribution in [2.24, 2.45) is 0 Å². The number of hydrogen-bond acceptors (Lipinski definition) is 6. The van der Waals surface area contributed by atoms with E-state index >= 15 is 0 Å². The molecule has 1 saturated heterocycles. The molecule has 2 aliphatic rings. The summed E-state index contributed by atoms with van der Waals surface area (Å²) in [6.45, 7) is 4.23. The number of aromatic amines is 1. The predicted octanol–water partition coefficient (Wildman–Crippen LogP) is 2.12. The number of pyridine rings is 1. The second-order valence-electron chi connectivity index (χ2n) is 8.63. The van der Waals surface area contributed by atoms with E-state index in [9.17, 15) is 18.4 Å². The van der Waals surface area contributed by atoms with Crippen LogP contribution in [0.4, 0.5) is 14.5 Å². The molecule has 3 heterocycles. The zero-order valence-corrected chi connectivity index (χ0v) is 18.2. The molecular formula is C23H24F2N6O2. The van der Waals surface area contributed by atoms with Gasteiger partial charge in [0.15, 0.2) is 0 Å². The molecular weight excluding hydrogens is 430 g/mol. The van der Waals surface area contributed by atoms with Crippen molar-refractivity contribution in [1.29, 1.82) is 0 Å². The van der Waals surface area contributed by atoms with Crippen LogP contribution in [0.25, 0.3) is 11.0 Å². The Hall–Kier alpha value is -3.40. The first-order valence-corrected chi connectivity index (χ1v) is 11.0. The predicted molar refractivity (Wildman–Crippen MR) is 119 cm³/mol. The Morgan fingerprint density at radius 3 is 2.61 bits per heavy atom. The third-order valence-corrected chi connectivity index (χ3v) is 6.11. The van der Waals surface area contributed by atoms with E-state index in [-0.39, 0.29) is 29.0 Å². The number of H-pyrrole nitrogens is 1. The Kier molecular flexibility index (Phi) is 5.53. The molecule has 0 radical (unpaired) electrons. The summed E-state index contributed by atoms with van der Waals surface area (Å²) in [6, 6.07) is 6.28. The van der Waals surface area contributed by atoms with Crippen LogP contribution in [0.15, 0.2) is 29.1 Å². The number of rotatable bonds is 5. The van der Waals surface area contributed by atoms with Crippen molar-refractivity contribution in [2.75, 3.05) is 31.1 Å². The number of nitrogens with one attached hydrogen (secondary N) is 2. The first-order valence-electron chi connectivity index (χ1n) is 11.0. The molecule has 0 bridgehead atoms. The number of piperazine rings is 1. The lowest BCUT2D eigenvalue weighted by Gasteiger charge is -2.36. The van der Waals surface area contributed by atoms with Crippen LogP contribution in [0.3, 0.4) is 0 Å². The lowest BCUT2D eigenvalue weighted by Crippen LogP contribution is -2.46. The minimum atomic E-state index is -0.667. The first-order chi connectivity index (χ1) is 15.9. The summed E-state index contributed by atoms with van der Waals surface area (Å²) in [7, 11) is 0. The highest BCUT2D eigenvalue weighted by molar-refractivity contribution is 5.92. The molecule has 1 aromatic carbocycles. The van der Waals surface area contributed by atoms with Gasteiger partial charge in [-0.3, -0.25) is 14.5 Å². The van der Waals surface area contributed by atoms with Gasteiger partial charge in [-0.2, -0.15) is 4.39 Å². The van der Waals surface area contributed by atoms with Gasteiger partial charge in [-0.15, -0.1) is 0 Å². The number of carbonyl (C=O) groups excluding carboxylic acids is 1. The molecule has 33 heavy (non-hydrogen) atoms. The van der Waals surface area contributed by atoms with Crippen molar-refractivity contribution in [2.45, 2.75) is 32.4 Å².